The number of carbonyl (C=O) groups is 1. The van der Waals surface area contributed by atoms with Crippen LogP contribution in [0.5, 0.6) is 0 Å². The van der Waals surface area contributed by atoms with Gasteiger partial charge in [0.1, 0.15) is 0 Å². The summed E-state index contributed by atoms with van der Waals surface area (Å²) in [6, 6.07) is 0. The fourth-order valence-electron chi connectivity index (χ4n) is 1.03. The van der Waals surface area contributed by atoms with E-state index in [1.807, 2.05) is 0 Å². The summed E-state index contributed by atoms with van der Waals surface area (Å²) in [5, 5.41) is 20.9. The molecule has 0 atom stereocenters. The number of carboxylic acid groups (broad SMARTS) is 1. The monoisotopic (exact) mass is 153 g/mol. The van der Waals surface area contributed by atoms with E-state index >= 15 is 0 Å². The van der Waals surface area contributed by atoms with Gasteiger partial charge in [0.15, 0.2) is 0 Å². The van der Waals surface area contributed by atoms with E-state index in [0.717, 1.165) is 0 Å². The van der Waals surface area contributed by atoms with E-state index in [4.69, 9.17) is 0 Å². The molecule has 1 aliphatic heterocycles. The molecule has 1 heterocycles. The molecule has 0 aromatic heterocycles. The van der Waals surface area contributed by atoms with E-state index in [-0.39, 0.29) is 42.6 Å². The summed E-state index contributed by atoms with van der Waals surface area (Å²) in [5.74, 6) is 0. The molecule has 0 radical (unpaired) electrons. The van der Waals surface area contributed by atoms with Crippen LogP contribution >= 0.6 is 0 Å². The first-order valence-corrected chi connectivity index (χ1v) is 2.95. The zero-order valence-corrected chi connectivity index (χ0v) is 8.00. The third-order valence-corrected chi connectivity index (χ3v) is 1.62. The summed E-state index contributed by atoms with van der Waals surface area (Å²) in [5.41, 5.74) is 0. The SMILES string of the molecule is O=C([O-])[N+]1([O-])CCCC1.[Na+]. The number of likely N-dealkylation sites (tertiary alicyclic amines) is 1. The summed E-state index contributed by atoms with van der Waals surface area (Å²) >= 11 is 0. The molecule has 52 valence electrons. The second-order valence-electron chi connectivity index (χ2n) is 2.31. The number of nitrogens with zero attached hydrogens (tertiary/aromatic N) is 1. The van der Waals surface area contributed by atoms with Crippen LogP contribution < -0.4 is 34.7 Å². The predicted octanol–water partition coefficient (Wildman–Crippen LogP) is -3.56. The minimum absolute atomic E-state index is 0. The summed E-state index contributed by atoms with van der Waals surface area (Å²) in [6.45, 7) is 0.366. The fourth-order valence-corrected chi connectivity index (χ4v) is 1.03. The minimum atomic E-state index is -1.49. The van der Waals surface area contributed by atoms with Gasteiger partial charge in [-0.2, -0.15) is 0 Å². The predicted molar refractivity (Wildman–Crippen MR) is 28.0 cm³/mol. The van der Waals surface area contributed by atoms with Gasteiger partial charge in [-0.25, -0.2) is 0 Å². The molecule has 1 amide bonds. The van der Waals surface area contributed by atoms with Gasteiger partial charge in [-0.05, 0) is 0 Å². The molecule has 0 spiro atoms. The van der Waals surface area contributed by atoms with Gasteiger partial charge in [-0.1, -0.05) is 0 Å². The van der Waals surface area contributed by atoms with E-state index in [1.165, 1.54) is 0 Å². The van der Waals surface area contributed by atoms with Crippen molar-refractivity contribution in [2.75, 3.05) is 13.1 Å². The zero-order valence-electron chi connectivity index (χ0n) is 6.00. The first-order chi connectivity index (χ1) is 4.15. The summed E-state index contributed by atoms with van der Waals surface area (Å²) < 4.78 is -1.14. The van der Waals surface area contributed by atoms with Crippen LogP contribution in [-0.4, -0.2) is 23.8 Å². The van der Waals surface area contributed by atoms with Crippen LogP contribution in [0.15, 0.2) is 0 Å². The molecule has 4 nitrogen and oxygen atoms in total. The van der Waals surface area contributed by atoms with Crippen molar-refractivity contribution in [3.63, 3.8) is 0 Å². The number of carbonyl (C=O) groups excluding carboxylic acids is 1. The Morgan fingerprint density at radius 1 is 1.30 bits per heavy atom. The number of hydrogen-bond acceptors (Lipinski definition) is 3. The zero-order chi connectivity index (χ0) is 6.91. The van der Waals surface area contributed by atoms with E-state index in [2.05, 4.69) is 0 Å². The minimum Gasteiger partial charge on any atom is -0.626 e. The fraction of sp³-hybridized carbons (Fsp3) is 0.800. The number of rotatable bonds is 0. The molecular weight excluding hydrogens is 145 g/mol. The van der Waals surface area contributed by atoms with Crippen molar-refractivity contribution in [3.8, 4) is 0 Å². The van der Waals surface area contributed by atoms with Crippen LogP contribution in [-0.2, 0) is 0 Å². The van der Waals surface area contributed by atoms with Crippen molar-refractivity contribution in [1.29, 1.82) is 0 Å². The Bertz CT molecular complexity index is 133. The Labute approximate surface area is 81.3 Å². The van der Waals surface area contributed by atoms with Crippen molar-refractivity contribution < 1.29 is 44.1 Å². The smallest absolute Gasteiger partial charge is 0.626 e. The summed E-state index contributed by atoms with van der Waals surface area (Å²) in [6.07, 6.45) is -0.0814. The van der Waals surface area contributed by atoms with Crippen LogP contribution in [0.3, 0.4) is 0 Å². The van der Waals surface area contributed by atoms with Crippen LogP contribution in [0.2, 0.25) is 0 Å². The summed E-state index contributed by atoms with van der Waals surface area (Å²) in [4.78, 5) is 10.1. The molecule has 10 heavy (non-hydrogen) atoms. The van der Waals surface area contributed by atoms with Gasteiger partial charge in [-0.15, -0.1) is 0 Å². The maximum atomic E-state index is 10.9. The molecule has 0 N–H and O–H groups in total. The molecule has 0 bridgehead atoms. The first-order valence-electron chi connectivity index (χ1n) is 2.95. The Morgan fingerprint density at radius 3 is 1.90 bits per heavy atom. The van der Waals surface area contributed by atoms with Gasteiger partial charge >= 0.3 is 29.6 Å². The van der Waals surface area contributed by atoms with Gasteiger partial charge in [0.05, 0.1) is 13.1 Å². The number of quaternary nitrogens is 1. The average Bonchev–Trinajstić information content (AvgIpc) is 2.16. The first kappa shape index (κ1) is 10.4. The maximum Gasteiger partial charge on any atom is 1.00 e. The van der Waals surface area contributed by atoms with E-state index in [9.17, 15) is 15.1 Å². The van der Waals surface area contributed by atoms with Crippen LogP contribution in [0, 0.1) is 5.21 Å². The van der Waals surface area contributed by atoms with Gasteiger partial charge in [-0.3, -0.25) is 0 Å². The number of hydroxylamine groups is 3. The largest absolute Gasteiger partial charge is 1.00 e. The quantitative estimate of drug-likeness (QED) is 0.205. The van der Waals surface area contributed by atoms with Crippen molar-refractivity contribution in [3.05, 3.63) is 5.21 Å². The topological polar surface area (TPSA) is 63.2 Å². The molecule has 0 aromatic rings. The third kappa shape index (κ3) is 1.93. The van der Waals surface area contributed by atoms with Gasteiger partial charge in [0.25, 0.3) is 6.09 Å². The maximum absolute atomic E-state index is 10.9. The van der Waals surface area contributed by atoms with Crippen LogP contribution in [0.1, 0.15) is 12.8 Å². The average molecular weight is 153 g/mol. The second-order valence-corrected chi connectivity index (χ2v) is 2.31. The third-order valence-electron chi connectivity index (χ3n) is 1.62. The van der Waals surface area contributed by atoms with Gasteiger partial charge in [0.2, 0.25) is 0 Å². The molecule has 0 aromatic carbocycles. The molecule has 1 rings (SSSR count). The molecular formula is C5H8NNaO3. The van der Waals surface area contributed by atoms with E-state index in [0.29, 0.717) is 12.8 Å². The van der Waals surface area contributed by atoms with Crippen LogP contribution in [0.4, 0.5) is 4.79 Å². The Balaban J connectivity index is 0.000000810. The molecule has 1 aliphatic rings. The van der Waals surface area contributed by atoms with Crippen molar-refractivity contribution in [1.82, 2.24) is 0 Å². The number of hydrogen-bond donors (Lipinski definition) is 0. The van der Waals surface area contributed by atoms with Crippen molar-refractivity contribution >= 4 is 6.09 Å². The van der Waals surface area contributed by atoms with Gasteiger partial charge in [0, 0.05) is 12.8 Å². The standard InChI is InChI=1S/C5H9NO3.Na/c7-5(8)6(9)3-1-2-4-6;/h1-4H2,(H,7,8);/q;+1/p-1. The van der Waals surface area contributed by atoms with Crippen LogP contribution in [0.25, 0.3) is 0 Å². The Hall–Kier alpha value is 0.390. The molecule has 5 heteroatoms. The second kappa shape index (κ2) is 3.69. The van der Waals surface area contributed by atoms with Crippen molar-refractivity contribution in [2.45, 2.75) is 12.8 Å². The van der Waals surface area contributed by atoms with Gasteiger partial charge < -0.3 is 19.8 Å². The molecule has 0 aliphatic carbocycles. The number of amides is 1. The summed E-state index contributed by atoms with van der Waals surface area (Å²) in [7, 11) is 0. The molecule has 0 saturated carbocycles. The normalized spacial score (nSPS) is 21.7. The van der Waals surface area contributed by atoms with Crippen molar-refractivity contribution in [2.24, 2.45) is 0 Å². The molecule has 0 unspecified atom stereocenters. The Morgan fingerprint density at radius 2 is 1.70 bits per heavy atom. The molecule has 1 saturated heterocycles. The Kier molecular flexibility index (Phi) is 3.83. The van der Waals surface area contributed by atoms with E-state index in [1.54, 1.807) is 0 Å². The molecule has 1 fully saturated rings. The van der Waals surface area contributed by atoms with E-state index < -0.39 is 10.7 Å².